The lowest BCUT2D eigenvalue weighted by atomic mass is 9.96. The minimum absolute atomic E-state index is 0.108. The Morgan fingerprint density at radius 2 is 1.79 bits per heavy atom. The number of rotatable bonds is 4. The summed E-state index contributed by atoms with van der Waals surface area (Å²) in [4.78, 5) is 29.3. The monoisotopic (exact) mass is 383 g/mol. The van der Waals surface area contributed by atoms with E-state index in [0.717, 1.165) is 50.1 Å². The Kier molecular flexibility index (Phi) is 5.32. The molecular weight excluding hydrogens is 358 g/mol. The topological polar surface area (TPSA) is 75.9 Å². The highest BCUT2D eigenvalue weighted by molar-refractivity contribution is 5.93. The van der Waals surface area contributed by atoms with Crippen LogP contribution in [0.25, 0.3) is 11.3 Å². The Bertz CT molecular complexity index is 840. The van der Waals surface area contributed by atoms with Gasteiger partial charge in [-0.3, -0.25) is 9.59 Å². The molecule has 28 heavy (non-hydrogen) atoms. The van der Waals surface area contributed by atoms with Crippen LogP contribution >= 0.6 is 0 Å². The molecule has 0 aliphatic carbocycles. The van der Waals surface area contributed by atoms with Crippen LogP contribution in [0.15, 0.2) is 34.9 Å². The lowest BCUT2D eigenvalue weighted by Crippen LogP contribution is -2.46. The van der Waals surface area contributed by atoms with E-state index in [1.165, 1.54) is 0 Å². The van der Waals surface area contributed by atoms with E-state index in [0.29, 0.717) is 18.8 Å². The average molecular weight is 383 g/mol. The number of aromatic nitrogens is 1. The fourth-order valence-electron chi connectivity index (χ4n) is 3.99. The first-order valence-corrected chi connectivity index (χ1v) is 9.85. The maximum atomic E-state index is 12.9. The summed E-state index contributed by atoms with van der Waals surface area (Å²) < 4.78 is 10.5. The Morgan fingerprint density at radius 1 is 1.07 bits per heavy atom. The van der Waals surface area contributed by atoms with Gasteiger partial charge in [-0.2, -0.15) is 0 Å². The number of likely N-dealkylation sites (tertiary alicyclic amines) is 2. The van der Waals surface area contributed by atoms with Crippen molar-refractivity contribution in [3.63, 3.8) is 0 Å². The number of carbonyl (C=O) groups excluding carboxylic acids is 2. The molecule has 0 radical (unpaired) electrons. The van der Waals surface area contributed by atoms with Crippen LogP contribution in [-0.2, 0) is 4.79 Å². The molecule has 1 atom stereocenters. The first kappa shape index (κ1) is 18.5. The number of methoxy groups -OCH3 is 1. The van der Waals surface area contributed by atoms with Crippen molar-refractivity contribution < 1.29 is 18.8 Å². The van der Waals surface area contributed by atoms with Crippen molar-refractivity contribution in [2.45, 2.75) is 25.7 Å². The largest absolute Gasteiger partial charge is 0.497 e. The normalized spacial score (nSPS) is 19.7. The summed E-state index contributed by atoms with van der Waals surface area (Å²) in [5.74, 6) is 1.19. The van der Waals surface area contributed by atoms with Gasteiger partial charge in [0.05, 0.1) is 13.0 Å². The smallest absolute Gasteiger partial charge is 0.276 e. The second-order valence-corrected chi connectivity index (χ2v) is 7.43. The van der Waals surface area contributed by atoms with Gasteiger partial charge in [-0.1, -0.05) is 5.16 Å². The molecule has 1 aromatic carbocycles. The predicted molar refractivity (Wildman–Crippen MR) is 103 cm³/mol. The molecule has 0 unspecified atom stereocenters. The van der Waals surface area contributed by atoms with Crippen LogP contribution in [0.5, 0.6) is 5.75 Å². The zero-order chi connectivity index (χ0) is 19.5. The Labute approximate surface area is 164 Å². The molecule has 7 heteroatoms. The molecule has 2 aliphatic heterocycles. The van der Waals surface area contributed by atoms with Crippen LogP contribution < -0.4 is 4.74 Å². The number of amides is 2. The fraction of sp³-hybridized carbons (Fsp3) is 0.476. The van der Waals surface area contributed by atoms with Crippen molar-refractivity contribution in [1.82, 2.24) is 15.0 Å². The molecule has 7 nitrogen and oxygen atoms in total. The van der Waals surface area contributed by atoms with Gasteiger partial charge >= 0.3 is 0 Å². The molecule has 4 rings (SSSR count). The third-order valence-corrected chi connectivity index (χ3v) is 5.58. The van der Waals surface area contributed by atoms with Crippen molar-refractivity contribution in [2.24, 2.45) is 5.92 Å². The van der Waals surface area contributed by atoms with E-state index in [4.69, 9.17) is 9.26 Å². The summed E-state index contributed by atoms with van der Waals surface area (Å²) in [5.41, 5.74) is 1.10. The van der Waals surface area contributed by atoms with Crippen molar-refractivity contribution in [2.75, 3.05) is 33.3 Å². The standard InChI is InChI=1S/C21H25N3O4/c1-27-17-8-6-15(7-9-17)19-13-18(22-28-19)21(26)24-12-4-5-16(14-24)20(25)23-10-2-3-11-23/h6-9,13,16H,2-5,10-12,14H2,1H3/t16-/m0/s1. The molecule has 2 saturated heterocycles. The van der Waals surface area contributed by atoms with Gasteiger partial charge in [0.2, 0.25) is 5.91 Å². The van der Waals surface area contributed by atoms with Gasteiger partial charge < -0.3 is 19.1 Å². The molecule has 3 heterocycles. The molecular formula is C21H25N3O4. The SMILES string of the molecule is COc1ccc(-c2cc(C(=O)N3CCC[C@H](C(=O)N4CCCC4)C3)no2)cc1. The lowest BCUT2D eigenvalue weighted by Gasteiger charge is -2.33. The van der Waals surface area contributed by atoms with E-state index in [9.17, 15) is 9.59 Å². The molecule has 1 aromatic heterocycles. The maximum Gasteiger partial charge on any atom is 0.276 e. The average Bonchev–Trinajstić information content (AvgIpc) is 3.45. The van der Waals surface area contributed by atoms with Crippen LogP contribution in [-0.4, -0.2) is 60.1 Å². The third-order valence-electron chi connectivity index (χ3n) is 5.58. The summed E-state index contributed by atoms with van der Waals surface area (Å²) in [6.07, 6.45) is 3.83. The van der Waals surface area contributed by atoms with Gasteiger partial charge in [0.25, 0.3) is 5.91 Å². The molecule has 0 spiro atoms. The summed E-state index contributed by atoms with van der Waals surface area (Å²) in [6.45, 7) is 2.79. The van der Waals surface area contributed by atoms with Gasteiger partial charge in [0.1, 0.15) is 5.75 Å². The van der Waals surface area contributed by atoms with E-state index >= 15 is 0 Å². The number of nitrogens with zero attached hydrogens (tertiary/aromatic N) is 3. The lowest BCUT2D eigenvalue weighted by molar-refractivity contribution is -0.135. The van der Waals surface area contributed by atoms with Gasteiger partial charge in [0.15, 0.2) is 11.5 Å². The summed E-state index contributed by atoms with van der Waals surface area (Å²) in [5, 5.41) is 3.96. The number of piperidine rings is 1. The van der Waals surface area contributed by atoms with Gasteiger partial charge in [0, 0.05) is 37.8 Å². The van der Waals surface area contributed by atoms with Gasteiger partial charge in [-0.25, -0.2) is 0 Å². The van der Waals surface area contributed by atoms with E-state index in [-0.39, 0.29) is 23.4 Å². The predicted octanol–water partition coefficient (Wildman–Crippen LogP) is 2.82. The van der Waals surface area contributed by atoms with Crippen LogP contribution in [0.1, 0.15) is 36.2 Å². The number of ether oxygens (including phenoxy) is 1. The summed E-state index contributed by atoms with van der Waals surface area (Å²) in [6, 6.07) is 9.05. The Morgan fingerprint density at radius 3 is 2.50 bits per heavy atom. The van der Waals surface area contributed by atoms with E-state index in [2.05, 4.69) is 5.16 Å². The molecule has 2 aromatic rings. The van der Waals surface area contributed by atoms with Gasteiger partial charge in [-0.05, 0) is 49.9 Å². The number of hydrogen-bond acceptors (Lipinski definition) is 5. The number of carbonyl (C=O) groups is 2. The molecule has 2 fully saturated rings. The van der Waals surface area contributed by atoms with Crippen LogP contribution in [0.3, 0.4) is 0 Å². The Balaban J connectivity index is 1.43. The highest BCUT2D eigenvalue weighted by atomic mass is 16.5. The van der Waals surface area contributed by atoms with Gasteiger partial charge in [-0.15, -0.1) is 0 Å². The molecule has 0 bridgehead atoms. The van der Waals surface area contributed by atoms with Crippen molar-refractivity contribution in [3.8, 4) is 17.1 Å². The quantitative estimate of drug-likeness (QED) is 0.811. The van der Waals surface area contributed by atoms with Crippen molar-refractivity contribution in [3.05, 3.63) is 36.0 Å². The second-order valence-electron chi connectivity index (χ2n) is 7.43. The van der Waals surface area contributed by atoms with Crippen molar-refractivity contribution >= 4 is 11.8 Å². The highest BCUT2D eigenvalue weighted by Gasteiger charge is 2.33. The zero-order valence-corrected chi connectivity index (χ0v) is 16.1. The molecule has 2 amide bonds. The minimum Gasteiger partial charge on any atom is -0.497 e. The number of hydrogen-bond donors (Lipinski definition) is 0. The van der Waals surface area contributed by atoms with Crippen LogP contribution in [0, 0.1) is 5.92 Å². The first-order chi connectivity index (χ1) is 13.7. The maximum absolute atomic E-state index is 12.9. The number of benzene rings is 1. The van der Waals surface area contributed by atoms with Crippen molar-refractivity contribution in [1.29, 1.82) is 0 Å². The second kappa shape index (κ2) is 8.04. The van der Waals surface area contributed by atoms with E-state index in [1.807, 2.05) is 29.2 Å². The summed E-state index contributed by atoms with van der Waals surface area (Å²) >= 11 is 0. The fourth-order valence-corrected chi connectivity index (χ4v) is 3.99. The Hall–Kier alpha value is -2.83. The molecule has 148 valence electrons. The van der Waals surface area contributed by atoms with E-state index in [1.54, 1.807) is 18.1 Å². The molecule has 0 N–H and O–H groups in total. The highest BCUT2D eigenvalue weighted by Crippen LogP contribution is 2.26. The minimum atomic E-state index is -0.178. The summed E-state index contributed by atoms with van der Waals surface area (Å²) in [7, 11) is 1.61. The molecule has 0 saturated carbocycles. The molecule has 2 aliphatic rings. The van der Waals surface area contributed by atoms with Crippen LogP contribution in [0.2, 0.25) is 0 Å². The van der Waals surface area contributed by atoms with E-state index < -0.39 is 0 Å². The zero-order valence-electron chi connectivity index (χ0n) is 16.1. The van der Waals surface area contributed by atoms with Crippen LogP contribution in [0.4, 0.5) is 0 Å². The third kappa shape index (κ3) is 3.74. The first-order valence-electron chi connectivity index (χ1n) is 9.85.